The molecule has 1 unspecified atom stereocenters. The molecule has 0 spiro atoms. The summed E-state index contributed by atoms with van der Waals surface area (Å²) in [5, 5.41) is 32.4. The van der Waals surface area contributed by atoms with E-state index in [2.05, 4.69) is 11.1 Å². The van der Waals surface area contributed by atoms with E-state index in [1.807, 2.05) is 60.7 Å². The molecule has 1 atom stereocenters. The molecule has 0 saturated heterocycles. The number of nitro benzene ring substituents is 1. The Hall–Kier alpha value is -5.34. The lowest BCUT2D eigenvalue weighted by atomic mass is 9.82. The van der Waals surface area contributed by atoms with Gasteiger partial charge in [0.05, 0.1) is 33.7 Å². The average molecular weight is 459 g/mol. The molecule has 4 aromatic rings. The van der Waals surface area contributed by atoms with Crippen LogP contribution in [0.25, 0.3) is 27.9 Å². The minimum atomic E-state index is -0.925. The van der Waals surface area contributed by atoms with Gasteiger partial charge in [-0.1, -0.05) is 60.7 Å². The second-order valence-electron chi connectivity index (χ2n) is 7.92. The van der Waals surface area contributed by atoms with E-state index >= 15 is 0 Å². The van der Waals surface area contributed by atoms with Gasteiger partial charge in [-0.05, 0) is 17.2 Å². The largest absolute Gasteiger partial charge is 0.439 e. The topological polar surface area (TPSA) is 142 Å². The van der Waals surface area contributed by atoms with E-state index in [1.54, 1.807) is 6.07 Å². The number of ether oxygens (including phenoxy) is 1. The lowest BCUT2D eigenvalue weighted by Gasteiger charge is -2.26. The van der Waals surface area contributed by atoms with Crippen molar-refractivity contribution >= 4 is 22.3 Å². The van der Waals surface area contributed by atoms with Crippen molar-refractivity contribution in [2.45, 2.75) is 5.92 Å². The Morgan fingerprint density at radius 1 is 0.943 bits per heavy atom. The van der Waals surface area contributed by atoms with Crippen LogP contribution in [0.3, 0.4) is 0 Å². The molecule has 0 saturated carbocycles. The van der Waals surface area contributed by atoms with Crippen LogP contribution in [-0.2, 0) is 4.74 Å². The number of fused-ring (bicyclic) bond motifs is 1. The van der Waals surface area contributed by atoms with Crippen LogP contribution in [0.5, 0.6) is 0 Å². The van der Waals surface area contributed by atoms with Crippen LogP contribution in [0, 0.1) is 32.8 Å². The van der Waals surface area contributed by atoms with Crippen molar-refractivity contribution in [3.05, 3.63) is 117 Å². The maximum Gasteiger partial charge on any atom is 0.269 e. The first-order chi connectivity index (χ1) is 17.0. The summed E-state index contributed by atoms with van der Waals surface area (Å²) < 4.78 is 5.98. The highest BCUT2D eigenvalue weighted by atomic mass is 16.6. The highest BCUT2D eigenvalue weighted by molar-refractivity contribution is 6.00. The van der Waals surface area contributed by atoms with Crippen LogP contribution in [0.2, 0.25) is 0 Å². The number of nitrogens with zero attached hydrogens (tertiary/aromatic N) is 3. The number of para-hydroxylation sites is 1. The van der Waals surface area contributed by atoms with Gasteiger partial charge in [0.25, 0.3) is 5.69 Å². The summed E-state index contributed by atoms with van der Waals surface area (Å²) in [5.41, 5.74) is 9.66. The van der Waals surface area contributed by atoms with Gasteiger partial charge in [0.2, 0.25) is 5.88 Å². The number of nitriles is 2. The normalized spacial score (nSPS) is 15.4. The van der Waals surface area contributed by atoms with Crippen LogP contribution in [0.15, 0.2) is 95.9 Å². The maximum absolute atomic E-state index is 11.4. The molecular weight excluding hydrogens is 442 g/mol. The molecule has 5 rings (SSSR count). The van der Waals surface area contributed by atoms with Crippen LogP contribution in [0.1, 0.15) is 17.0 Å². The van der Waals surface area contributed by atoms with Gasteiger partial charge >= 0.3 is 0 Å². The van der Waals surface area contributed by atoms with Crippen molar-refractivity contribution in [3.63, 3.8) is 0 Å². The van der Waals surface area contributed by atoms with Gasteiger partial charge in [-0.25, -0.2) is 0 Å². The van der Waals surface area contributed by atoms with Crippen LogP contribution in [-0.4, -0.2) is 9.91 Å². The van der Waals surface area contributed by atoms with Gasteiger partial charge in [0, 0.05) is 23.0 Å². The van der Waals surface area contributed by atoms with E-state index in [1.165, 1.54) is 18.2 Å². The molecule has 1 aromatic heterocycles. The fourth-order valence-corrected chi connectivity index (χ4v) is 4.41. The third-order valence-corrected chi connectivity index (χ3v) is 5.95. The Labute approximate surface area is 199 Å². The van der Waals surface area contributed by atoms with Crippen LogP contribution >= 0.6 is 0 Å². The van der Waals surface area contributed by atoms with E-state index in [0.29, 0.717) is 11.1 Å². The number of benzene rings is 3. The van der Waals surface area contributed by atoms with Crippen molar-refractivity contribution in [2.75, 3.05) is 0 Å². The monoisotopic (exact) mass is 459 g/mol. The number of hydrogen-bond acceptors (Lipinski definition) is 6. The SMILES string of the molecule is N#CC1=C(N)OC(c2c(-c3ccccc3)[nH]c3ccccc23)=C(C#N)C1c1cccc([N+](=O)[O-])c1. The van der Waals surface area contributed by atoms with Crippen molar-refractivity contribution in [3.8, 4) is 23.4 Å². The summed E-state index contributed by atoms with van der Waals surface area (Å²) in [6, 6.07) is 27.2. The van der Waals surface area contributed by atoms with Gasteiger partial charge in [-0.2, -0.15) is 10.5 Å². The fraction of sp³-hybridized carbons (Fsp3) is 0.0370. The number of non-ortho nitro benzene ring substituents is 1. The zero-order valence-electron chi connectivity index (χ0n) is 18.2. The summed E-state index contributed by atoms with van der Waals surface area (Å²) in [6.45, 7) is 0. The van der Waals surface area contributed by atoms with Crippen LogP contribution < -0.4 is 5.73 Å². The molecule has 3 N–H and O–H groups in total. The lowest BCUT2D eigenvalue weighted by Crippen LogP contribution is -2.20. The number of nitrogens with one attached hydrogen (secondary N) is 1. The minimum absolute atomic E-state index is 0.0203. The average Bonchev–Trinajstić information content (AvgIpc) is 3.28. The van der Waals surface area contributed by atoms with Crippen molar-refractivity contribution in [1.29, 1.82) is 10.5 Å². The fourth-order valence-electron chi connectivity index (χ4n) is 4.41. The summed E-state index contributed by atoms with van der Waals surface area (Å²) in [6.07, 6.45) is 0. The lowest BCUT2D eigenvalue weighted by molar-refractivity contribution is -0.384. The van der Waals surface area contributed by atoms with Gasteiger partial charge < -0.3 is 15.5 Å². The first kappa shape index (κ1) is 21.5. The predicted molar refractivity (Wildman–Crippen MR) is 130 cm³/mol. The number of allylic oxidation sites excluding steroid dienone is 2. The smallest absolute Gasteiger partial charge is 0.269 e. The molecule has 8 heteroatoms. The molecular formula is C27H17N5O3. The number of aromatic amines is 1. The minimum Gasteiger partial charge on any atom is -0.439 e. The molecule has 1 aliphatic heterocycles. The van der Waals surface area contributed by atoms with Crippen molar-refractivity contribution in [2.24, 2.45) is 5.73 Å². The maximum atomic E-state index is 11.4. The summed E-state index contributed by atoms with van der Waals surface area (Å²) in [7, 11) is 0. The number of nitro groups is 1. The number of hydrogen-bond donors (Lipinski definition) is 2. The summed E-state index contributed by atoms with van der Waals surface area (Å²) in [4.78, 5) is 14.3. The van der Waals surface area contributed by atoms with E-state index in [0.717, 1.165) is 22.2 Å². The van der Waals surface area contributed by atoms with Gasteiger partial charge in [-0.15, -0.1) is 0 Å². The Morgan fingerprint density at radius 2 is 1.66 bits per heavy atom. The van der Waals surface area contributed by atoms with E-state index in [9.17, 15) is 20.6 Å². The Bertz CT molecular complexity index is 1630. The first-order valence-electron chi connectivity index (χ1n) is 10.7. The third-order valence-electron chi connectivity index (χ3n) is 5.95. The third kappa shape index (κ3) is 3.56. The summed E-state index contributed by atoms with van der Waals surface area (Å²) >= 11 is 0. The number of aromatic nitrogens is 1. The molecule has 168 valence electrons. The van der Waals surface area contributed by atoms with Gasteiger partial charge in [0.1, 0.15) is 11.6 Å². The second-order valence-corrected chi connectivity index (χ2v) is 7.92. The molecule has 2 heterocycles. The Balaban J connectivity index is 1.83. The molecule has 0 radical (unpaired) electrons. The molecule has 1 aliphatic rings. The van der Waals surface area contributed by atoms with E-state index in [-0.39, 0.29) is 28.5 Å². The highest BCUT2D eigenvalue weighted by Gasteiger charge is 2.36. The van der Waals surface area contributed by atoms with Crippen LogP contribution in [0.4, 0.5) is 5.69 Å². The molecule has 3 aromatic carbocycles. The van der Waals surface area contributed by atoms with Gasteiger partial charge in [0.15, 0.2) is 5.76 Å². The number of rotatable bonds is 4. The molecule has 0 amide bonds. The van der Waals surface area contributed by atoms with Crippen molar-refractivity contribution < 1.29 is 9.66 Å². The van der Waals surface area contributed by atoms with Crippen molar-refractivity contribution in [1.82, 2.24) is 4.98 Å². The van der Waals surface area contributed by atoms with E-state index < -0.39 is 10.8 Å². The number of H-pyrrole nitrogens is 1. The number of nitrogens with two attached hydrogens (primary N) is 1. The Kier molecular flexibility index (Phi) is 5.25. The molecule has 0 bridgehead atoms. The standard InChI is InChI=1S/C27H17N5O3/c28-14-20-23(17-9-6-10-18(13-17)32(33)34)21(15-29)27(30)35-26(20)24-19-11-4-5-12-22(19)31-25(24)16-7-2-1-3-8-16/h1-13,23,31H,30H2. The predicted octanol–water partition coefficient (Wildman–Crippen LogP) is 5.49. The quantitative estimate of drug-likeness (QED) is 0.305. The zero-order chi connectivity index (χ0) is 24.5. The summed E-state index contributed by atoms with van der Waals surface area (Å²) in [5.74, 6) is -0.870. The first-order valence-corrected chi connectivity index (χ1v) is 10.7. The molecule has 35 heavy (non-hydrogen) atoms. The molecule has 0 aliphatic carbocycles. The highest BCUT2D eigenvalue weighted by Crippen LogP contribution is 2.46. The molecule has 8 nitrogen and oxygen atoms in total. The second kappa shape index (κ2) is 8.54. The van der Waals surface area contributed by atoms with Gasteiger partial charge in [-0.3, -0.25) is 10.1 Å². The molecule has 0 fully saturated rings. The van der Waals surface area contributed by atoms with E-state index in [4.69, 9.17) is 10.5 Å². The Morgan fingerprint density at radius 3 is 2.37 bits per heavy atom. The zero-order valence-corrected chi connectivity index (χ0v) is 18.2.